The van der Waals surface area contributed by atoms with Crippen LogP contribution >= 0.6 is 0 Å². The number of aromatic nitrogens is 1. The number of carbonyl (C=O) groups is 1. The fourth-order valence-electron chi connectivity index (χ4n) is 1.62. The smallest absolute Gasteiger partial charge is 0.253 e. The van der Waals surface area contributed by atoms with Gasteiger partial charge < -0.3 is 9.73 Å². The van der Waals surface area contributed by atoms with Gasteiger partial charge in [0.15, 0.2) is 5.76 Å². The molecule has 88 valence electrons. The van der Waals surface area contributed by atoms with E-state index in [0.29, 0.717) is 23.6 Å². The minimum atomic E-state index is -0.0940. The van der Waals surface area contributed by atoms with Crippen LogP contribution < -0.4 is 5.32 Å². The lowest BCUT2D eigenvalue weighted by molar-refractivity contribution is 0.0955. The Bertz CT molecular complexity index is 518. The summed E-state index contributed by atoms with van der Waals surface area (Å²) >= 11 is 0. The normalized spacial score (nSPS) is 10.2. The first-order valence-electron chi connectivity index (χ1n) is 5.52. The molecule has 0 unspecified atom stereocenters. The molecule has 4 nitrogen and oxygen atoms in total. The Labute approximate surface area is 99.7 Å². The highest BCUT2D eigenvalue weighted by Gasteiger charge is 2.11. The first-order chi connectivity index (χ1) is 8.22. The number of hydrogen-bond acceptors (Lipinski definition) is 3. The van der Waals surface area contributed by atoms with Crippen molar-refractivity contribution in [1.29, 1.82) is 0 Å². The lowest BCUT2D eigenvalue weighted by atomic mass is 10.1. The summed E-state index contributed by atoms with van der Waals surface area (Å²) in [5.74, 6) is 0.610. The molecule has 0 saturated heterocycles. The van der Waals surface area contributed by atoms with E-state index in [0.717, 1.165) is 5.69 Å². The van der Waals surface area contributed by atoms with Crippen molar-refractivity contribution >= 4 is 5.91 Å². The lowest BCUT2D eigenvalue weighted by Gasteiger charge is -2.06. The highest BCUT2D eigenvalue weighted by molar-refractivity contribution is 5.95. The van der Waals surface area contributed by atoms with Gasteiger partial charge in [-0.05, 0) is 38.1 Å². The minimum Gasteiger partial charge on any atom is -0.463 e. The Morgan fingerprint density at radius 1 is 1.41 bits per heavy atom. The summed E-state index contributed by atoms with van der Waals surface area (Å²) in [6.07, 6.45) is 1.60. The van der Waals surface area contributed by atoms with Gasteiger partial charge in [-0.2, -0.15) is 0 Å². The van der Waals surface area contributed by atoms with E-state index in [1.165, 1.54) is 0 Å². The van der Waals surface area contributed by atoms with E-state index < -0.39 is 0 Å². The second-order valence-electron chi connectivity index (χ2n) is 3.67. The zero-order valence-corrected chi connectivity index (χ0v) is 9.86. The van der Waals surface area contributed by atoms with Crippen molar-refractivity contribution in [1.82, 2.24) is 10.3 Å². The standard InChI is InChI=1S/C13H14N2O2/c1-3-14-13(16)10-6-7-11(15-9(10)2)12-5-4-8-17-12/h4-8H,3H2,1-2H3,(H,14,16). The molecule has 1 N–H and O–H groups in total. The number of hydrogen-bond donors (Lipinski definition) is 1. The van der Waals surface area contributed by atoms with Crippen molar-refractivity contribution < 1.29 is 9.21 Å². The maximum absolute atomic E-state index is 11.7. The van der Waals surface area contributed by atoms with Crippen molar-refractivity contribution in [3.8, 4) is 11.5 Å². The van der Waals surface area contributed by atoms with Crippen LogP contribution in [-0.4, -0.2) is 17.4 Å². The molecule has 0 aliphatic heterocycles. The van der Waals surface area contributed by atoms with Crippen molar-refractivity contribution in [2.45, 2.75) is 13.8 Å². The molecule has 2 aromatic heterocycles. The van der Waals surface area contributed by atoms with Crippen molar-refractivity contribution in [2.24, 2.45) is 0 Å². The molecular weight excluding hydrogens is 216 g/mol. The molecule has 0 bridgehead atoms. The predicted molar refractivity (Wildman–Crippen MR) is 64.7 cm³/mol. The van der Waals surface area contributed by atoms with Crippen molar-refractivity contribution in [2.75, 3.05) is 6.54 Å². The molecule has 17 heavy (non-hydrogen) atoms. The summed E-state index contributed by atoms with van der Waals surface area (Å²) in [7, 11) is 0. The number of nitrogens with zero attached hydrogens (tertiary/aromatic N) is 1. The molecule has 1 amide bonds. The van der Waals surface area contributed by atoms with Crippen LogP contribution in [0.15, 0.2) is 34.9 Å². The monoisotopic (exact) mass is 230 g/mol. The molecule has 0 spiro atoms. The summed E-state index contributed by atoms with van der Waals surface area (Å²) in [6.45, 7) is 4.31. The third-order valence-corrected chi connectivity index (χ3v) is 2.44. The van der Waals surface area contributed by atoms with Gasteiger partial charge in [-0.15, -0.1) is 0 Å². The van der Waals surface area contributed by atoms with Gasteiger partial charge in [0.1, 0.15) is 5.69 Å². The first-order valence-corrected chi connectivity index (χ1v) is 5.52. The van der Waals surface area contributed by atoms with Crippen molar-refractivity contribution in [3.63, 3.8) is 0 Å². The average molecular weight is 230 g/mol. The summed E-state index contributed by atoms with van der Waals surface area (Å²) in [5.41, 5.74) is 2.03. The van der Waals surface area contributed by atoms with Gasteiger partial charge in [0.05, 0.1) is 17.5 Å². The van der Waals surface area contributed by atoms with Crippen molar-refractivity contribution in [3.05, 3.63) is 41.8 Å². The molecule has 0 atom stereocenters. The van der Waals surface area contributed by atoms with E-state index in [4.69, 9.17) is 4.42 Å². The van der Waals surface area contributed by atoms with E-state index in [1.54, 1.807) is 18.4 Å². The molecule has 0 fully saturated rings. The number of amides is 1. The van der Waals surface area contributed by atoms with Crippen LogP contribution in [0.4, 0.5) is 0 Å². The number of nitrogens with one attached hydrogen (secondary N) is 1. The zero-order chi connectivity index (χ0) is 12.3. The van der Waals surface area contributed by atoms with E-state index in [2.05, 4.69) is 10.3 Å². The van der Waals surface area contributed by atoms with Gasteiger partial charge in [0.2, 0.25) is 0 Å². The van der Waals surface area contributed by atoms with Gasteiger partial charge in [-0.3, -0.25) is 4.79 Å². The van der Waals surface area contributed by atoms with Crippen LogP contribution in [0, 0.1) is 6.92 Å². The van der Waals surface area contributed by atoms with Gasteiger partial charge in [0.25, 0.3) is 5.91 Å². The third-order valence-electron chi connectivity index (χ3n) is 2.44. The Morgan fingerprint density at radius 2 is 2.24 bits per heavy atom. The molecule has 0 radical (unpaired) electrons. The maximum atomic E-state index is 11.7. The number of carbonyl (C=O) groups excluding carboxylic acids is 1. The molecule has 4 heteroatoms. The van der Waals surface area contributed by atoms with Crippen LogP contribution in [0.3, 0.4) is 0 Å². The molecule has 0 aliphatic rings. The fraction of sp³-hybridized carbons (Fsp3) is 0.231. The van der Waals surface area contributed by atoms with Gasteiger partial charge in [-0.25, -0.2) is 4.98 Å². The number of pyridine rings is 1. The molecule has 2 rings (SSSR count). The topological polar surface area (TPSA) is 55.1 Å². The van der Waals surface area contributed by atoms with Gasteiger partial charge in [-0.1, -0.05) is 0 Å². The lowest BCUT2D eigenvalue weighted by Crippen LogP contribution is -2.23. The summed E-state index contributed by atoms with van der Waals surface area (Å²) in [4.78, 5) is 16.1. The zero-order valence-electron chi connectivity index (χ0n) is 9.86. The van der Waals surface area contributed by atoms with E-state index >= 15 is 0 Å². The third kappa shape index (κ3) is 2.36. The average Bonchev–Trinajstić information content (AvgIpc) is 2.82. The van der Waals surface area contributed by atoms with E-state index in [9.17, 15) is 4.79 Å². The van der Waals surface area contributed by atoms with Crippen LogP contribution in [0.5, 0.6) is 0 Å². The minimum absolute atomic E-state index is 0.0940. The predicted octanol–water partition coefficient (Wildman–Crippen LogP) is 2.40. The Kier molecular flexibility index (Phi) is 3.23. The highest BCUT2D eigenvalue weighted by Crippen LogP contribution is 2.19. The SMILES string of the molecule is CCNC(=O)c1ccc(-c2ccco2)nc1C. The number of aryl methyl sites for hydroxylation is 1. The Hall–Kier alpha value is -2.10. The van der Waals surface area contributed by atoms with Gasteiger partial charge >= 0.3 is 0 Å². The number of furan rings is 1. The quantitative estimate of drug-likeness (QED) is 0.880. The highest BCUT2D eigenvalue weighted by atomic mass is 16.3. The van der Waals surface area contributed by atoms with E-state index in [1.807, 2.05) is 26.0 Å². The first kappa shape index (κ1) is 11.4. The molecule has 2 heterocycles. The second kappa shape index (κ2) is 4.82. The molecule has 0 aromatic carbocycles. The largest absolute Gasteiger partial charge is 0.463 e. The van der Waals surface area contributed by atoms with Gasteiger partial charge in [0, 0.05) is 6.54 Å². The van der Waals surface area contributed by atoms with E-state index in [-0.39, 0.29) is 5.91 Å². The summed E-state index contributed by atoms with van der Waals surface area (Å²) < 4.78 is 5.26. The summed E-state index contributed by atoms with van der Waals surface area (Å²) in [6, 6.07) is 7.21. The molecule has 0 saturated carbocycles. The molecular formula is C13H14N2O2. The maximum Gasteiger partial charge on any atom is 0.253 e. The summed E-state index contributed by atoms with van der Waals surface area (Å²) in [5, 5.41) is 2.75. The second-order valence-corrected chi connectivity index (χ2v) is 3.67. The Morgan fingerprint density at radius 3 is 2.82 bits per heavy atom. The Balaban J connectivity index is 2.32. The molecule has 2 aromatic rings. The van der Waals surface area contributed by atoms with Crippen LogP contribution in [0.2, 0.25) is 0 Å². The van der Waals surface area contributed by atoms with Crippen LogP contribution in [0.1, 0.15) is 23.0 Å². The van der Waals surface area contributed by atoms with Crippen LogP contribution in [-0.2, 0) is 0 Å². The molecule has 0 aliphatic carbocycles. The van der Waals surface area contributed by atoms with Crippen LogP contribution in [0.25, 0.3) is 11.5 Å². The number of rotatable bonds is 3. The fourth-order valence-corrected chi connectivity index (χ4v) is 1.62.